The van der Waals surface area contributed by atoms with E-state index in [-0.39, 0.29) is 11.5 Å². The van der Waals surface area contributed by atoms with Gasteiger partial charge in [0.2, 0.25) is 0 Å². The number of nitrogens with two attached hydrogens (primary N) is 1. The SMILES string of the molecule is CSc1ccccc1C(N)C(C)(C)C. The first-order chi connectivity index (χ1) is 6.46. The summed E-state index contributed by atoms with van der Waals surface area (Å²) in [6.45, 7) is 6.53. The highest BCUT2D eigenvalue weighted by molar-refractivity contribution is 7.98. The van der Waals surface area contributed by atoms with Crippen molar-refractivity contribution in [2.24, 2.45) is 11.1 Å². The molecule has 2 heteroatoms. The van der Waals surface area contributed by atoms with Crippen molar-refractivity contribution in [3.05, 3.63) is 29.8 Å². The highest BCUT2D eigenvalue weighted by Gasteiger charge is 2.23. The van der Waals surface area contributed by atoms with Crippen molar-refractivity contribution in [1.29, 1.82) is 0 Å². The van der Waals surface area contributed by atoms with E-state index in [1.807, 2.05) is 0 Å². The Kier molecular flexibility index (Phi) is 3.62. The van der Waals surface area contributed by atoms with Crippen LogP contribution in [0.4, 0.5) is 0 Å². The molecule has 1 atom stereocenters. The molecule has 0 spiro atoms. The zero-order valence-electron chi connectivity index (χ0n) is 9.37. The van der Waals surface area contributed by atoms with Crippen molar-refractivity contribution >= 4 is 11.8 Å². The van der Waals surface area contributed by atoms with E-state index in [0.29, 0.717) is 0 Å². The van der Waals surface area contributed by atoms with E-state index in [0.717, 1.165) is 0 Å². The lowest BCUT2D eigenvalue weighted by Gasteiger charge is -2.28. The van der Waals surface area contributed by atoms with E-state index in [9.17, 15) is 0 Å². The van der Waals surface area contributed by atoms with Crippen LogP contribution in [-0.4, -0.2) is 6.26 Å². The van der Waals surface area contributed by atoms with Crippen LogP contribution in [0.2, 0.25) is 0 Å². The Morgan fingerprint density at radius 1 is 1.21 bits per heavy atom. The smallest absolute Gasteiger partial charge is 0.0355 e. The zero-order valence-corrected chi connectivity index (χ0v) is 10.2. The first-order valence-corrected chi connectivity index (χ1v) is 6.08. The minimum atomic E-state index is 0.103. The largest absolute Gasteiger partial charge is 0.323 e. The lowest BCUT2D eigenvalue weighted by atomic mass is 9.83. The molecule has 1 nitrogen and oxygen atoms in total. The molecule has 0 aliphatic heterocycles. The molecule has 0 heterocycles. The molecule has 0 aliphatic rings. The van der Waals surface area contributed by atoms with Crippen LogP contribution in [0, 0.1) is 5.41 Å². The summed E-state index contributed by atoms with van der Waals surface area (Å²) in [6.07, 6.45) is 2.09. The Morgan fingerprint density at radius 2 is 1.79 bits per heavy atom. The maximum Gasteiger partial charge on any atom is 0.0355 e. The Balaban J connectivity index is 3.06. The molecule has 1 unspecified atom stereocenters. The number of benzene rings is 1. The van der Waals surface area contributed by atoms with Gasteiger partial charge in [-0.2, -0.15) is 0 Å². The molecule has 14 heavy (non-hydrogen) atoms. The van der Waals surface area contributed by atoms with Gasteiger partial charge in [-0.15, -0.1) is 11.8 Å². The Hall–Kier alpha value is -0.470. The van der Waals surface area contributed by atoms with Crippen LogP contribution in [0.3, 0.4) is 0 Å². The van der Waals surface area contributed by atoms with Gasteiger partial charge in [0.25, 0.3) is 0 Å². The first kappa shape index (κ1) is 11.6. The van der Waals surface area contributed by atoms with Crippen molar-refractivity contribution in [2.75, 3.05) is 6.26 Å². The third kappa shape index (κ3) is 2.52. The lowest BCUT2D eigenvalue weighted by molar-refractivity contribution is 0.324. The van der Waals surface area contributed by atoms with Crippen LogP contribution in [0.25, 0.3) is 0 Å². The molecule has 78 valence electrons. The molecule has 0 aliphatic carbocycles. The molecule has 0 saturated carbocycles. The standard InChI is InChI=1S/C12H19NS/c1-12(2,3)11(13)9-7-5-6-8-10(9)14-4/h5-8,11H,13H2,1-4H3. The molecule has 0 amide bonds. The summed E-state index contributed by atoms with van der Waals surface area (Å²) in [6, 6.07) is 8.48. The topological polar surface area (TPSA) is 26.0 Å². The van der Waals surface area contributed by atoms with Crippen molar-refractivity contribution in [1.82, 2.24) is 0 Å². The number of thioether (sulfide) groups is 1. The molecule has 1 aromatic carbocycles. The Bertz CT molecular complexity index is 301. The lowest BCUT2D eigenvalue weighted by Crippen LogP contribution is -2.26. The fourth-order valence-electron chi connectivity index (χ4n) is 1.39. The van der Waals surface area contributed by atoms with E-state index < -0.39 is 0 Å². The van der Waals surface area contributed by atoms with Crippen LogP contribution in [0.5, 0.6) is 0 Å². The third-order valence-electron chi connectivity index (χ3n) is 2.41. The highest BCUT2D eigenvalue weighted by Crippen LogP contribution is 2.34. The predicted octanol–water partition coefficient (Wildman–Crippen LogP) is 3.45. The van der Waals surface area contributed by atoms with E-state index in [2.05, 4.69) is 51.3 Å². The van der Waals surface area contributed by atoms with Gasteiger partial charge in [0, 0.05) is 10.9 Å². The second kappa shape index (κ2) is 4.37. The van der Waals surface area contributed by atoms with E-state index in [1.54, 1.807) is 11.8 Å². The van der Waals surface area contributed by atoms with Gasteiger partial charge in [0.1, 0.15) is 0 Å². The number of rotatable bonds is 2. The van der Waals surface area contributed by atoms with Crippen LogP contribution in [0.15, 0.2) is 29.2 Å². The van der Waals surface area contributed by atoms with E-state index in [4.69, 9.17) is 5.73 Å². The van der Waals surface area contributed by atoms with Gasteiger partial charge in [0.05, 0.1) is 0 Å². The second-order valence-corrected chi connectivity index (χ2v) is 5.43. The fourth-order valence-corrected chi connectivity index (χ4v) is 2.04. The van der Waals surface area contributed by atoms with Crippen molar-refractivity contribution < 1.29 is 0 Å². The van der Waals surface area contributed by atoms with Gasteiger partial charge in [-0.3, -0.25) is 0 Å². The van der Waals surface area contributed by atoms with Gasteiger partial charge in [-0.1, -0.05) is 39.0 Å². The molecule has 1 rings (SSSR count). The van der Waals surface area contributed by atoms with Gasteiger partial charge in [-0.25, -0.2) is 0 Å². The molecule has 0 bridgehead atoms. The molecule has 0 saturated heterocycles. The Morgan fingerprint density at radius 3 is 2.29 bits per heavy atom. The van der Waals surface area contributed by atoms with E-state index >= 15 is 0 Å². The van der Waals surface area contributed by atoms with Crippen LogP contribution in [-0.2, 0) is 0 Å². The van der Waals surface area contributed by atoms with Crippen LogP contribution >= 0.6 is 11.8 Å². The van der Waals surface area contributed by atoms with Gasteiger partial charge in [-0.05, 0) is 23.3 Å². The third-order valence-corrected chi connectivity index (χ3v) is 3.22. The molecular formula is C12H19NS. The molecule has 1 aromatic rings. The first-order valence-electron chi connectivity index (χ1n) is 4.85. The van der Waals surface area contributed by atoms with Crippen LogP contribution in [0.1, 0.15) is 32.4 Å². The quantitative estimate of drug-likeness (QED) is 0.755. The normalized spacial score (nSPS) is 14.1. The zero-order chi connectivity index (χ0) is 10.8. The minimum absolute atomic E-state index is 0.103. The van der Waals surface area contributed by atoms with Crippen LogP contribution < -0.4 is 5.73 Å². The summed E-state index contributed by atoms with van der Waals surface area (Å²) >= 11 is 1.76. The van der Waals surface area contributed by atoms with Gasteiger partial charge < -0.3 is 5.73 Å². The van der Waals surface area contributed by atoms with Crippen molar-refractivity contribution in [3.8, 4) is 0 Å². The van der Waals surface area contributed by atoms with Gasteiger partial charge >= 0.3 is 0 Å². The predicted molar refractivity (Wildman–Crippen MR) is 64.6 cm³/mol. The summed E-state index contributed by atoms with van der Waals surface area (Å²) in [4.78, 5) is 1.29. The molecule has 2 N–H and O–H groups in total. The fraction of sp³-hybridized carbons (Fsp3) is 0.500. The average molecular weight is 209 g/mol. The number of hydrogen-bond donors (Lipinski definition) is 1. The second-order valence-electron chi connectivity index (χ2n) is 4.59. The Labute approximate surface area is 91.1 Å². The minimum Gasteiger partial charge on any atom is -0.323 e. The molecule has 0 radical (unpaired) electrons. The molecular weight excluding hydrogens is 190 g/mol. The average Bonchev–Trinajstić information content (AvgIpc) is 2.15. The summed E-state index contributed by atoms with van der Waals surface area (Å²) < 4.78 is 0. The van der Waals surface area contributed by atoms with E-state index in [1.165, 1.54) is 10.5 Å². The molecule has 0 aromatic heterocycles. The summed E-state index contributed by atoms with van der Waals surface area (Å²) in [7, 11) is 0. The summed E-state index contributed by atoms with van der Waals surface area (Å²) in [5.41, 5.74) is 7.61. The van der Waals surface area contributed by atoms with Crippen molar-refractivity contribution in [2.45, 2.75) is 31.7 Å². The van der Waals surface area contributed by atoms with Gasteiger partial charge in [0.15, 0.2) is 0 Å². The number of hydrogen-bond acceptors (Lipinski definition) is 2. The van der Waals surface area contributed by atoms with Crippen molar-refractivity contribution in [3.63, 3.8) is 0 Å². The highest BCUT2D eigenvalue weighted by atomic mass is 32.2. The monoisotopic (exact) mass is 209 g/mol. The summed E-state index contributed by atoms with van der Waals surface area (Å²) in [5, 5.41) is 0. The summed E-state index contributed by atoms with van der Waals surface area (Å²) in [5.74, 6) is 0. The maximum atomic E-state index is 6.24. The maximum absolute atomic E-state index is 6.24. The molecule has 0 fully saturated rings.